The Hall–Kier alpha value is -1.68. The van der Waals surface area contributed by atoms with E-state index in [4.69, 9.17) is 4.98 Å². The van der Waals surface area contributed by atoms with Crippen molar-refractivity contribution in [2.45, 2.75) is 46.6 Å². The summed E-state index contributed by atoms with van der Waals surface area (Å²) < 4.78 is 2.04. The minimum Gasteiger partial charge on any atom is -0.313 e. The van der Waals surface area contributed by atoms with E-state index in [0.717, 1.165) is 49.7 Å². The van der Waals surface area contributed by atoms with Crippen LogP contribution in [0.3, 0.4) is 0 Å². The second-order valence-electron chi connectivity index (χ2n) is 5.10. The lowest BCUT2D eigenvalue weighted by Crippen LogP contribution is -2.15. The van der Waals surface area contributed by atoms with Gasteiger partial charge in [0.15, 0.2) is 0 Å². The van der Waals surface area contributed by atoms with Crippen molar-refractivity contribution < 1.29 is 0 Å². The van der Waals surface area contributed by atoms with E-state index < -0.39 is 0 Å². The second kappa shape index (κ2) is 7.20. The number of pyridine rings is 1. The monoisotopic (exact) mass is 272 g/mol. The molecular weight excluding hydrogens is 248 g/mol. The summed E-state index contributed by atoms with van der Waals surface area (Å²) in [6.45, 7) is 8.32. The summed E-state index contributed by atoms with van der Waals surface area (Å²) in [5.41, 5.74) is 2.45. The van der Waals surface area contributed by atoms with Gasteiger partial charge in [-0.2, -0.15) is 0 Å². The molecule has 2 aromatic rings. The van der Waals surface area contributed by atoms with Crippen molar-refractivity contribution in [2.24, 2.45) is 0 Å². The van der Waals surface area contributed by atoms with Crippen LogP contribution >= 0.6 is 0 Å². The molecule has 0 aliphatic rings. The summed E-state index contributed by atoms with van der Waals surface area (Å²) in [7, 11) is 0. The van der Waals surface area contributed by atoms with Gasteiger partial charge in [-0.15, -0.1) is 0 Å². The highest BCUT2D eigenvalue weighted by Crippen LogP contribution is 2.13. The summed E-state index contributed by atoms with van der Waals surface area (Å²) >= 11 is 0. The largest absolute Gasteiger partial charge is 0.313 e. The summed E-state index contributed by atoms with van der Waals surface area (Å²) in [6.07, 6.45) is 7.07. The molecule has 4 heteroatoms. The Kier molecular flexibility index (Phi) is 5.30. The van der Waals surface area contributed by atoms with E-state index in [-0.39, 0.29) is 0 Å². The molecule has 0 bridgehead atoms. The van der Waals surface area contributed by atoms with Gasteiger partial charge in [-0.1, -0.05) is 20.3 Å². The van der Waals surface area contributed by atoms with Crippen LogP contribution in [0.25, 0.3) is 5.82 Å². The third kappa shape index (κ3) is 3.67. The molecule has 0 saturated carbocycles. The molecule has 0 fully saturated rings. The van der Waals surface area contributed by atoms with Crippen LogP contribution < -0.4 is 5.32 Å². The van der Waals surface area contributed by atoms with Gasteiger partial charge in [-0.05, 0) is 44.0 Å². The average Bonchev–Trinajstić information content (AvgIpc) is 2.85. The molecule has 0 atom stereocenters. The predicted octanol–water partition coefficient (Wildman–Crippen LogP) is 3.03. The van der Waals surface area contributed by atoms with Gasteiger partial charge in [0.05, 0.1) is 0 Å². The van der Waals surface area contributed by atoms with Crippen LogP contribution in [0, 0.1) is 6.92 Å². The number of aromatic nitrogens is 3. The van der Waals surface area contributed by atoms with Gasteiger partial charge < -0.3 is 5.32 Å². The Morgan fingerprint density at radius 3 is 2.70 bits per heavy atom. The highest BCUT2D eigenvalue weighted by atomic mass is 15.1. The maximum absolute atomic E-state index is 4.75. The molecule has 0 unspecified atom stereocenters. The van der Waals surface area contributed by atoms with E-state index in [1.807, 2.05) is 23.9 Å². The SMILES string of the molecule is CCCNCc1cc(CCC)nc(-n2ccnc2C)c1. The van der Waals surface area contributed by atoms with E-state index in [2.05, 4.69) is 36.3 Å². The molecule has 0 aromatic carbocycles. The zero-order valence-electron chi connectivity index (χ0n) is 12.7. The minimum absolute atomic E-state index is 0.897. The highest BCUT2D eigenvalue weighted by molar-refractivity contribution is 5.32. The average molecular weight is 272 g/mol. The van der Waals surface area contributed by atoms with Crippen molar-refractivity contribution in [3.8, 4) is 5.82 Å². The van der Waals surface area contributed by atoms with E-state index >= 15 is 0 Å². The van der Waals surface area contributed by atoms with Crippen molar-refractivity contribution in [1.29, 1.82) is 0 Å². The lowest BCUT2D eigenvalue weighted by molar-refractivity contribution is 0.672. The molecule has 0 aliphatic carbocycles. The smallest absolute Gasteiger partial charge is 0.138 e. The number of nitrogens with zero attached hydrogens (tertiary/aromatic N) is 3. The Balaban J connectivity index is 2.28. The summed E-state index contributed by atoms with van der Waals surface area (Å²) in [4.78, 5) is 9.03. The van der Waals surface area contributed by atoms with Gasteiger partial charge in [-0.3, -0.25) is 4.57 Å². The number of aryl methyl sites for hydroxylation is 2. The standard InChI is InChI=1S/C16H24N4/c1-4-6-15-10-14(12-17-7-5-2)11-16(19-15)20-9-8-18-13(20)3/h8-11,17H,4-7,12H2,1-3H3. The topological polar surface area (TPSA) is 42.7 Å². The van der Waals surface area contributed by atoms with Crippen molar-refractivity contribution in [3.05, 3.63) is 41.6 Å². The fourth-order valence-corrected chi connectivity index (χ4v) is 2.27. The molecular formula is C16H24N4. The van der Waals surface area contributed by atoms with E-state index in [1.165, 1.54) is 5.56 Å². The van der Waals surface area contributed by atoms with E-state index in [1.54, 1.807) is 0 Å². The molecule has 0 aliphatic heterocycles. The number of hydrogen-bond donors (Lipinski definition) is 1. The van der Waals surface area contributed by atoms with Crippen molar-refractivity contribution in [3.63, 3.8) is 0 Å². The van der Waals surface area contributed by atoms with Crippen LogP contribution in [0.15, 0.2) is 24.5 Å². The van der Waals surface area contributed by atoms with Crippen LogP contribution in [0.5, 0.6) is 0 Å². The van der Waals surface area contributed by atoms with Gasteiger partial charge >= 0.3 is 0 Å². The van der Waals surface area contributed by atoms with Crippen LogP contribution in [-0.2, 0) is 13.0 Å². The first-order valence-corrected chi connectivity index (χ1v) is 7.45. The maximum atomic E-state index is 4.75. The molecule has 0 amide bonds. The van der Waals surface area contributed by atoms with Crippen LogP contribution in [0.2, 0.25) is 0 Å². The summed E-state index contributed by atoms with van der Waals surface area (Å²) in [5.74, 6) is 1.94. The molecule has 2 rings (SSSR count). The number of nitrogens with one attached hydrogen (secondary N) is 1. The molecule has 20 heavy (non-hydrogen) atoms. The first kappa shape index (κ1) is 14.7. The maximum Gasteiger partial charge on any atom is 0.138 e. The minimum atomic E-state index is 0.897. The van der Waals surface area contributed by atoms with E-state index in [9.17, 15) is 0 Å². The Morgan fingerprint density at radius 2 is 2.05 bits per heavy atom. The highest BCUT2D eigenvalue weighted by Gasteiger charge is 2.06. The zero-order chi connectivity index (χ0) is 14.4. The number of hydrogen-bond acceptors (Lipinski definition) is 3. The van der Waals surface area contributed by atoms with Crippen molar-refractivity contribution in [2.75, 3.05) is 6.54 Å². The first-order valence-electron chi connectivity index (χ1n) is 7.45. The van der Waals surface area contributed by atoms with Crippen molar-refractivity contribution >= 4 is 0 Å². The second-order valence-corrected chi connectivity index (χ2v) is 5.10. The fourth-order valence-electron chi connectivity index (χ4n) is 2.27. The van der Waals surface area contributed by atoms with Crippen molar-refractivity contribution in [1.82, 2.24) is 19.9 Å². The quantitative estimate of drug-likeness (QED) is 0.788. The first-order chi connectivity index (χ1) is 9.74. The van der Waals surface area contributed by atoms with Crippen LogP contribution in [-0.4, -0.2) is 21.1 Å². The lowest BCUT2D eigenvalue weighted by atomic mass is 10.1. The van der Waals surface area contributed by atoms with Gasteiger partial charge in [0.25, 0.3) is 0 Å². The summed E-state index contributed by atoms with van der Waals surface area (Å²) in [6, 6.07) is 4.36. The Labute approximate surface area is 121 Å². The fraction of sp³-hybridized carbons (Fsp3) is 0.500. The molecule has 0 spiro atoms. The normalized spacial score (nSPS) is 10.9. The number of rotatable bonds is 7. The van der Waals surface area contributed by atoms with Crippen LogP contribution in [0.4, 0.5) is 0 Å². The molecule has 108 valence electrons. The molecule has 1 N–H and O–H groups in total. The molecule has 0 saturated heterocycles. The third-order valence-corrected chi connectivity index (χ3v) is 3.26. The Bertz CT molecular complexity index is 545. The Morgan fingerprint density at radius 1 is 1.20 bits per heavy atom. The molecule has 2 heterocycles. The van der Waals surface area contributed by atoms with E-state index in [0.29, 0.717) is 0 Å². The summed E-state index contributed by atoms with van der Waals surface area (Å²) in [5, 5.41) is 3.46. The predicted molar refractivity (Wildman–Crippen MR) is 82.1 cm³/mol. The molecule has 2 aromatic heterocycles. The molecule has 4 nitrogen and oxygen atoms in total. The zero-order valence-corrected chi connectivity index (χ0v) is 12.7. The van der Waals surface area contributed by atoms with Gasteiger partial charge in [0, 0.05) is 24.6 Å². The third-order valence-electron chi connectivity index (χ3n) is 3.26. The number of imidazole rings is 1. The van der Waals surface area contributed by atoms with Crippen LogP contribution in [0.1, 0.15) is 43.8 Å². The molecule has 0 radical (unpaired) electrons. The van der Waals surface area contributed by atoms with Gasteiger partial charge in [0.2, 0.25) is 0 Å². The van der Waals surface area contributed by atoms with Gasteiger partial charge in [-0.25, -0.2) is 9.97 Å². The lowest BCUT2D eigenvalue weighted by Gasteiger charge is -2.11. The van der Waals surface area contributed by atoms with Gasteiger partial charge in [0.1, 0.15) is 11.6 Å².